The van der Waals surface area contributed by atoms with Gasteiger partial charge in [0, 0.05) is 18.7 Å². The number of carbonyl (C=O) groups is 2. The summed E-state index contributed by atoms with van der Waals surface area (Å²) < 4.78 is 13.1. The van der Waals surface area contributed by atoms with Gasteiger partial charge in [0.2, 0.25) is 11.8 Å². The lowest BCUT2D eigenvalue weighted by molar-refractivity contribution is -0.120. The molecule has 118 valence electrons. The summed E-state index contributed by atoms with van der Waals surface area (Å²) in [6.07, 6.45) is 1.35. The van der Waals surface area contributed by atoms with Crippen LogP contribution in [-0.4, -0.2) is 11.8 Å². The maximum absolute atomic E-state index is 13.1. The Morgan fingerprint density at radius 3 is 2.83 bits per heavy atom. The molecule has 5 heteroatoms. The molecule has 0 unspecified atom stereocenters. The molecule has 4 nitrogen and oxygen atoms in total. The first-order valence-corrected chi connectivity index (χ1v) is 7.53. The molecular weight excluding hydrogens is 295 g/mol. The van der Waals surface area contributed by atoms with Gasteiger partial charge in [0.25, 0.3) is 0 Å². The molecule has 0 spiro atoms. The number of amides is 2. The number of rotatable bonds is 4. The molecule has 0 atom stereocenters. The normalized spacial score (nSPS) is 13.2. The van der Waals surface area contributed by atoms with Crippen LogP contribution in [0, 0.1) is 5.82 Å². The average Bonchev–Trinajstić information content (AvgIpc) is 2.53. The van der Waals surface area contributed by atoms with Gasteiger partial charge in [-0.1, -0.05) is 24.3 Å². The van der Waals surface area contributed by atoms with Gasteiger partial charge in [-0.2, -0.15) is 0 Å². The van der Waals surface area contributed by atoms with Crippen molar-refractivity contribution < 1.29 is 14.0 Å². The van der Waals surface area contributed by atoms with E-state index in [2.05, 4.69) is 10.6 Å². The zero-order valence-corrected chi connectivity index (χ0v) is 12.6. The van der Waals surface area contributed by atoms with E-state index in [1.54, 1.807) is 12.1 Å². The van der Waals surface area contributed by atoms with Crippen LogP contribution in [0.2, 0.25) is 0 Å². The minimum Gasteiger partial charge on any atom is -0.352 e. The van der Waals surface area contributed by atoms with E-state index < -0.39 is 0 Å². The van der Waals surface area contributed by atoms with Crippen molar-refractivity contribution in [3.8, 4) is 0 Å². The maximum atomic E-state index is 13.1. The molecule has 0 fully saturated rings. The van der Waals surface area contributed by atoms with Crippen LogP contribution in [0.4, 0.5) is 10.1 Å². The molecule has 0 radical (unpaired) electrons. The number of hydrogen-bond acceptors (Lipinski definition) is 2. The zero-order chi connectivity index (χ0) is 16.2. The summed E-state index contributed by atoms with van der Waals surface area (Å²) in [6, 6.07) is 11.8. The van der Waals surface area contributed by atoms with Gasteiger partial charge in [-0.15, -0.1) is 0 Å². The summed E-state index contributed by atoms with van der Waals surface area (Å²) in [4.78, 5) is 23.3. The number of hydrogen-bond donors (Lipinski definition) is 2. The van der Waals surface area contributed by atoms with Crippen molar-refractivity contribution >= 4 is 17.5 Å². The second kappa shape index (κ2) is 6.60. The fourth-order valence-corrected chi connectivity index (χ4v) is 2.64. The molecule has 0 saturated heterocycles. The van der Waals surface area contributed by atoms with E-state index in [1.807, 2.05) is 18.2 Å². The van der Waals surface area contributed by atoms with Crippen molar-refractivity contribution in [3.63, 3.8) is 0 Å². The van der Waals surface area contributed by atoms with Crippen molar-refractivity contribution in [2.24, 2.45) is 0 Å². The molecular formula is C18H17FN2O2. The highest BCUT2D eigenvalue weighted by molar-refractivity contribution is 5.93. The van der Waals surface area contributed by atoms with Gasteiger partial charge in [0.05, 0.1) is 6.42 Å². The Morgan fingerprint density at radius 2 is 2.00 bits per heavy atom. The Balaban J connectivity index is 1.58. The van der Waals surface area contributed by atoms with E-state index >= 15 is 0 Å². The standard InChI is InChI=1S/C18H17FN2O2/c19-15-3-1-2-12(9-15)10-18(23)20-11-13-4-6-16-14(8-13)5-7-17(22)21-16/h1-4,6,8-9H,5,7,10-11H2,(H,20,23)(H,21,22). The number of anilines is 1. The van der Waals surface area contributed by atoms with Gasteiger partial charge in [0.1, 0.15) is 5.82 Å². The fourth-order valence-electron chi connectivity index (χ4n) is 2.64. The SMILES string of the molecule is O=C(Cc1cccc(F)c1)NCc1ccc2c(c1)CCC(=O)N2. The largest absolute Gasteiger partial charge is 0.352 e. The lowest BCUT2D eigenvalue weighted by atomic mass is 10.0. The molecule has 0 bridgehead atoms. The van der Waals surface area contributed by atoms with Crippen LogP contribution >= 0.6 is 0 Å². The smallest absolute Gasteiger partial charge is 0.224 e. The third-order valence-corrected chi connectivity index (χ3v) is 3.81. The third kappa shape index (κ3) is 3.94. The first-order valence-electron chi connectivity index (χ1n) is 7.53. The third-order valence-electron chi connectivity index (χ3n) is 3.81. The molecule has 2 aromatic rings. The molecule has 1 aliphatic rings. The highest BCUT2D eigenvalue weighted by atomic mass is 19.1. The average molecular weight is 312 g/mol. The van der Waals surface area contributed by atoms with Crippen LogP contribution in [0.3, 0.4) is 0 Å². The van der Waals surface area contributed by atoms with E-state index in [0.717, 1.165) is 16.8 Å². The van der Waals surface area contributed by atoms with Crippen molar-refractivity contribution in [1.29, 1.82) is 0 Å². The summed E-state index contributed by atoms with van der Waals surface area (Å²) in [7, 11) is 0. The van der Waals surface area contributed by atoms with E-state index in [0.29, 0.717) is 24.9 Å². The topological polar surface area (TPSA) is 58.2 Å². The molecule has 0 saturated carbocycles. The minimum absolute atomic E-state index is 0.0358. The maximum Gasteiger partial charge on any atom is 0.224 e. The Bertz CT molecular complexity index is 758. The second-order valence-corrected chi connectivity index (χ2v) is 5.62. The molecule has 23 heavy (non-hydrogen) atoms. The molecule has 2 aromatic carbocycles. The lowest BCUT2D eigenvalue weighted by Crippen LogP contribution is -2.25. The summed E-state index contributed by atoms with van der Waals surface area (Å²) in [6.45, 7) is 0.412. The fraction of sp³-hybridized carbons (Fsp3) is 0.222. The number of fused-ring (bicyclic) bond motifs is 1. The summed E-state index contributed by atoms with van der Waals surface area (Å²) in [5.41, 5.74) is 3.56. The lowest BCUT2D eigenvalue weighted by Gasteiger charge is -2.17. The van der Waals surface area contributed by atoms with Crippen LogP contribution in [0.5, 0.6) is 0 Å². The molecule has 0 aliphatic carbocycles. The van der Waals surface area contributed by atoms with Gasteiger partial charge in [0.15, 0.2) is 0 Å². The Hall–Kier alpha value is -2.69. The van der Waals surface area contributed by atoms with Crippen LogP contribution in [-0.2, 0) is 29.0 Å². The quantitative estimate of drug-likeness (QED) is 0.911. The van der Waals surface area contributed by atoms with Crippen molar-refractivity contribution in [2.45, 2.75) is 25.8 Å². The van der Waals surface area contributed by atoms with Crippen molar-refractivity contribution in [1.82, 2.24) is 5.32 Å². The number of nitrogens with one attached hydrogen (secondary N) is 2. The predicted molar refractivity (Wildman–Crippen MR) is 85.3 cm³/mol. The molecule has 1 aliphatic heterocycles. The monoisotopic (exact) mass is 312 g/mol. The van der Waals surface area contributed by atoms with E-state index in [9.17, 15) is 14.0 Å². The summed E-state index contributed by atoms with van der Waals surface area (Å²) >= 11 is 0. The molecule has 3 rings (SSSR count). The van der Waals surface area contributed by atoms with Gasteiger partial charge in [-0.25, -0.2) is 4.39 Å². The van der Waals surface area contributed by atoms with Gasteiger partial charge in [-0.05, 0) is 41.3 Å². The van der Waals surface area contributed by atoms with Crippen molar-refractivity contribution in [3.05, 3.63) is 65.0 Å². The van der Waals surface area contributed by atoms with Crippen LogP contribution in [0.1, 0.15) is 23.1 Å². The highest BCUT2D eigenvalue weighted by Crippen LogP contribution is 2.23. The Morgan fingerprint density at radius 1 is 1.13 bits per heavy atom. The summed E-state index contributed by atoms with van der Waals surface area (Å²) in [5.74, 6) is -0.456. The van der Waals surface area contributed by atoms with Gasteiger partial charge >= 0.3 is 0 Å². The van der Waals surface area contributed by atoms with Gasteiger partial charge in [-0.3, -0.25) is 9.59 Å². The molecule has 0 aromatic heterocycles. The minimum atomic E-state index is -0.341. The number of halogens is 1. The zero-order valence-electron chi connectivity index (χ0n) is 12.6. The van der Waals surface area contributed by atoms with E-state index in [1.165, 1.54) is 12.1 Å². The first kappa shape index (κ1) is 15.2. The second-order valence-electron chi connectivity index (χ2n) is 5.62. The Kier molecular flexibility index (Phi) is 4.37. The van der Waals surface area contributed by atoms with Gasteiger partial charge < -0.3 is 10.6 Å². The van der Waals surface area contributed by atoms with Crippen LogP contribution in [0.15, 0.2) is 42.5 Å². The number of benzene rings is 2. The molecule has 1 heterocycles. The van der Waals surface area contributed by atoms with Crippen LogP contribution < -0.4 is 10.6 Å². The number of aryl methyl sites for hydroxylation is 1. The van der Waals surface area contributed by atoms with Crippen LogP contribution in [0.25, 0.3) is 0 Å². The van der Waals surface area contributed by atoms with Crippen molar-refractivity contribution in [2.75, 3.05) is 5.32 Å². The molecule has 2 N–H and O–H groups in total. The number of carbonyl (C=O) groups excluding carboxylic acids is 2. The molecule has 2 amide bonds. The predicted octanol–water partition coefficient (Wildman–Crippen LogP) is 2.57. The van der Waals surface area contributed by atoms with E-state index in [-0.39, 0.29) is 24.1 Å². The first-order chi connectivity index (χ1) is 11.1. The summed E-state index contributed by atoms with van der Waals surface area (Å²) in [5, 5.41) is 5.66. The Labute approximate surface area is 133 Å². The van der Waals surface area contributed by atoms with E-state index in [4.69, 9.17) is 0 Å². The highest BCUT2D eigenvalue weighted by Gasteiger charge is 2.14.